The van der Waals surface area contributed by atoms with Crippen molar-refractivity contribution in [2.45, 2.75) is 87.7 Å². The largest absolute Gasteiger partial charge is 0.465 e. The number of ether oxygens (including phenoxy) is 3. The maximum Gasteiger partial charge on any atom is 0.325 e. The van der Waals surface area contributed by atoms with Gasteiger partial charge in [0.15, 0.2) is 0 Å². The molecule has 1 heterocycles. The first-order chi connectivity index (χ1) is 23.4. The minimum Gasteiger partial charge on any atom is -0.465 e. The first-order valence-corrected chi connectivity index (χ1v) is 17.7. The van der Waals surface area contributed by atoms with Gasteiger partial charge >= 0.3 is 17.9 Å². The van der Waals surface area contributed by atoms with Crippen LogP contribution in [0.15, 0.2) is 48.5 Å². The summed E-state index contributed by atoms with van der Waals surface area (Å²) in [6.07, 6.45) is 0.0149. The van der Waals surface area contributed by atoms with Crippen LogP contribution in [0.25, 0.3) is 11.1 Å². The van der Waals surface area contributed by atoms with E-state index in [0.29, 0.717) is 12.8 Å². The highest BCUT2D eigenvalue weighted by Gasteiger charge is 2.38. The van der Waals surface area contributed by atoms with E-state index in [0.717, 1.165) is 27.3 Å². The minimum atomic E-state index is -1.81. The van der Waals surface area contributed by atoms with Gasteiger partial charge in [0, 0.05) is 12.5 Å². The Morgan fingerprint density at radius 2 is 1.50 bits per heavy atom. The monoisotopic (exact) mass is 751 g/mol. The van der Waals surface area contributed by atoms with Crippen LogP contribution in [0.1, 0.15) is 77.3 Å². The number of alkyl halides is 3. The molecule has 0 aromatic heterocycles. The second-order valence-corrected chi connectivity index (χ2v) is 16.4. The van der Waals surface area contributed by atoms with E-state index in [1.807, 2.05) is 48.5 Å². The molecule has 0 saturated carbocycles. The van der Waals surface area contributed by atoms with Gasteiger partial charge in [-0.05, 0) is 61.8 Å². The number of hydrogen-bond acceptors (Lipinski definition) is 9. The third kappa shape index (κ3) is 10.8. The molecule has 11 nitrogen and oxygen atoms in total. The molecule has 50 heavy (non-hydrogen) atoms. The van der Waals surface area contributed by atoms with Gasteiger partial charge in [-0.1, -0.05) is 97.2 Å². The topological polar surface area (TPSA) is 140 Å². The number of nitrogens with zero attached hydrogens (tertiary/aromatic N) is 1. The Balaban J connectivity index is 1.44. The van der Waals surface area contributed by atoms with Gasteiger partial charge in [-0.15, -0.1) is 0 Å². The smallest absolute Gasteiger partial charge is 0.325 e. The highest BCUT2D eigenvalue weighted by Crippen LogP contribution is 2.44. The van der Waals surface area contributed by atoms with Gasteiger partial charge in [-0.25, -0.2) is 5.43 Å². The van der Waals surface area contributed by atoms with Crippen LogP contribution < -0.4 is 10.7 Å². The average molecular weight is 753 g/mol. The molecule has 14 heteroatoms. The molecule has 0 unspecified atom stereocenters. The summed E-state index contributed by atoms with van der Waals surface area (Å²) in [5, 5.41) is 3.85. The molecule has 2 aromatic rings. The summed E-state index contributed by atoms with van der Waals surface area (Å²) < 4.78 is 14.5. The van der Waals surface area contributed by atoms with Crippen molar-refractivity contribution in [2.24, 2.45) is 11.8 Å². The number of carbonyl (C=O) groups excluding carboxylic acids is 5. The summed E-state index contributed by atoms with van der Waals surface area (Å²) in [6.45, 7) is 8.41. The number of amides is 2. The Kier molecular flexibility index (Phi) is 13.2. The maximum absolute atomic E-state index is 13.8. The quantitative estimate of drug-likeness (QED) is 0.160. The molecule has 1 aliphatic carbocycles. The van der Waals surface area contributed by atoms with Crippen molar-refractivity contribution in [2.75, 3.05) is 19.8 Å². The number of halogens is 3. The molecule has 2 amide bonds. The van der Waals surface area contributed by atoms with Crippen LogP contribution in [0.4, 0.5) is 0 Å². The van der Waals surface area contributed by atoms with Crippen molar-refractivity contribution in [3.05, 3.63) is 59.7 Å². The van der Waals surface area contributed by atoms with Gasteiger partial charge in [-0.2, -0.15) is 0 Å². The molecule has 0 bridgehead atoms. The Hall–Kier alpha value is -3.38. The number of hydrazine groups is 1. The average Bonchev–Trinajstić information content (AvgIpc) is 3.36. The summed E-state index contributed by atoms with van der Waals surface area (Å²) in [5.41, 5.74) is 6.28. The highest BCUT2D eigenvalue weighted by atomic mass is 35.6. The Morgan fingerprint density at radius 3 is 2.06 bits per heavy atom. The number of carbonyl (C=O) groups is 5. The molecule has 1 saturated heterocycles. The SMILES string of the molecule is CC(C)[C@H](CC(=O)OCC1c2ccccc2-c2ccccc21)C(=O)N[C@@H](CC(=O)OC(C)(C)C)C(=O)N1CCC[C@@H](C(=O)OCC(Cl)(Cl)Cl)N1. The zero-order valence-corrected chi connectivity index (χ0v) is 31.1. The summed E-state index contributed by atoms with van der Waals surface area (Å²) in [5.74, 6) is -4.64. The van der Waals surface area contributed by atoms with Crippen LogP contribution in [0, 0.1) is 11.8 Å². The Labute approximate surface area is 307 Å². The van der Waals surface area contributed by atoms with E-state index in [9.17, 15) is 24.0 Å². The molecule has 272 valence electrons. The number of rotatable bonds is 12. The second-order valence-electron chi connectivity index (χ2n) is 13.9. The summed E-state index contributed by atoms with van der Waals surface area (Å²) >= 11 is 17.1. The molecule has 2 aromatic carbocycles. The third-order valence-electron chi connectivity index (χ3n) is 8.42. The van der Waals surface area contributed by atoms with Crippen molar-refractivity contribution >= 4 is 64.5 Å². The van der Waals surface area contributed by atoms with E-state index in [1.165, 1.54) is 0 Å². The van der Waals surface area contributed by atoms with Crippen LogP contribution in [0.2, 0.25) is 0 Å². The molecule has 1 aliphatic heterocycles. The first-order valence-electron chi connectivity index (χ1n) is 16.6. The van der Waals surface area contributed by atoms with E-state index in [1.54, 1.807) is 34.6 Å². The van der Waals surface area contributed by atoms with Crippen molar-refractivity contribution in [1.82, 2.24) is 15.8 Å². The zero-order valence-electron chi connectivity index (χ0n) is 28.8. The number of hydrogen-bond donors (Lipinski definition) is 2. The lowest BCUT2D eigenvalue weighted by atomic mass is 9.91. The molecule has 4 rings (SSSR count). The van der Waals surface area contributed by atoms with Crippen LogP contribution in [-0.2, 0) is 38.2 Å². The van der Waals surface area contributed by atoms with Gasteiger partial charge in [0.05, 0.1) is 18.8 Å². The predicted octanol–water partition coefficient (Wildman–Crippen LogP) is 5.63. The molecule has 0 spiro atoms. The zero-order chi connectivity index (χ0) is 36.8. The number of fused-ring (bicyclic) bond motifs is 3. The fraction of sp³-hybridized carbons (Fsp3) is 0.528. The summed E-state index contributed by atoms with van der Waals surface area (Å²) in [7, 11) is 0. The van der Waals surface area contributed by atoms with Gasteiger partial charge in [0.1, 0.15) is 30.9 Å². The standard InChI is InChI=1S/C36H44Cl3N3O8/c1-21(2)26(17-30(43)48-19-27-24-13-8-6-11-22(24)23-12-7-9-14-25(23)27)32(45)40-29(18-31(44)50-35(3,4)5)33(46)42-16-10-15-28(41-42)34(47)49-20-36(37,38)39/h6-9,11-14,21,26-29,41H,10,15-20H2,1-5H3,(H,40,45)/t26-,28-,29-/m0/s1. The highest BCUT2D eigenvalue weighted by molar-refractivity contribution is 6.67. The van der Waals surface area contributed by atoms with E-state index < -0.39 is 70.1 Å². The lowest BCUT2D eigenvalue weighted by Gasteiger charge is -2.35. The van der Waals surface area contributed by atoms with Crippen molar-refractivity contribution in [3.63, 3.8) is 0 Å². The Morgan fingerprint density at radius 1 is 0.900 bits per heavy atom. The van der Waals surface area contributed by atoms with Gasteiger partial charge in [-0.3, -0.25) is 29.0 Å². The first kappa shape index (κ1) is 39.4. The van der Waals surface area contributed by atoms with E-state index in [4.69, 9.17) is 49.0 Å². The van der Waals surface area contributed by atoms with Gasteiger partial charge < -0.3 is 19.5 Å². The van der Waals surface area contributed by atoms with Crippen molar-refractivity contribution < 1.29 is 38.2 Å². The lowest BCUT2D eigenvalue weighted by molar-refractivity contribution is -0.160. The van der Waals surface area contributed by atoms with Crippen molar-refractivity contribution in [1.29, 1.82) is 0 Å². The van der Waals surface area contributed by atoms with E-state index in [2.05, 4.69) is 10.7 Å². The second kappa shape index (κ2) is 16.8. The Bertz CT molecular complexity index is 1530. The maximum atomic E-state index is 13.8. The van der Waals surface area contributed by atoms with E-state index >= 15 is 0 Å². The number of nitrogens with one attached hydrogen (secondary N) is 2. The van der Waals surface area contributed by atoms with Crippen molar-refractivity contribution in [3.8, 4) is 11.1 Å². The van der Waals surface area contributed by atoms with Crippen LogP contribution in [0.5, 0.6) is 0 Å². The molecular weight excluding hydrogens is 709 g/mol. The van der Waals surface area contributed by atoms with Crippen LogP contribution >= 0.6 is 34.8 Å². The number of benzene rings is 2. The normalized spacial score (nSPS) is 17.3. The predicted molar refractivity (Wildman–Crippen MR) is 189 cm³/mol. The molecule has 1 fully saturated rings. The van der Waals surface area contributed by atoms with Gasteiger partial charge in [0.25, 0.3) is 5.91 Å². The lowest BCUT2D eigenvalue weighted by Crippen LogP contribution is -2.61. The molecule has 0 radical (unpaired) electrons. The molecule has 3 atom stereocenters. The fourth-order valence-corrected chi connectivity index (χ4v) is 6.23. The number of esters is 3. The fourth-order valence-electron chi connectivity index (χ4n) is 6.07. The summed E-state index contributed by atoms with van der Waals surface area (Å²) in [4.78, 5) is 66.3. The van der Waals surface area contributed by atoms with Crippen LogP contribution in [-0.4, -0.2) is 76.0 Å². The van der Waals surface area contributed by atoms with Gasteiger partial charge in [0.2, 0.25) is 9.70 Å². The van der Waals surface area contributed by atoms with E-state index in [-0.39, 0.29) is 31.4 Å². The van der Waals surface area contributed by atoms with Crippen LogP contribution in [0.3, 0.4) is 0 Å². The molecule has 2 N–H and O–H groups in total. The summed E-state index contributed by atoms with van der Waals surface area (Å²) in [6, 6.07) is 13.7. The third-order valence-corrected chi connectivity index (χ3v) is 8.75. The molecular formula is C36H44Cl3N3O8. The minimum absolute atomic E-state index is 0.102. The molecule has 2 aliphatic rings.